The molecule has 2 N–H and O–H groups in total. The van der Waals surface area contributed by atoms with Gasteiger partial charge in [-0.15, -0.1) is 0 Å². The van der Waals surface area contributed by atoms with Gasteiger partial charge in [-0.3, -0.25) is 4.79 Å². The van der Waals surface area contributed by atoms with E-state index in [1.807, 2.05) is 0 Å². The maximum absolute atomic E-state index is 12.0. The number of nitrogens with one attached hydrogen (secondary N) is 1. The van der Waals surface area contributed by atoms with Gasteiger partial charge < -0.3 is 10.4 Å². The van der Waals surface area contributed by atoms with Crippen LogP contribution in [0.15, 0.2) is 18.3 Å². The number of carbonyl (C=O) groups is 1. The lowest BCUT2D eigenvalue weighted by Gasteiger charge is -2.06. The van der Waals surface area contributed by atoms with Crippen molar-refractivity contribution in [3.05, 3.63) is 29.6 Å². The molecule has 0 radical (unpaired) electrons. The minimum atomic E-state index is -3.12. The van der Waals surface area contributed by atoms with E-state index in [-0.39, 0.29) is 30.4 Å². The van der Waals surface area contributed by atoms with E-state index in [1.165, 1.54) is 6.20 Å². The molecular weight excluding hydrogens is 292 g/mol. The van der Waals surface area contributed by atoms with Crippen molar-refractivity contribution in [3.8, 4) is 11.8 Å². The van der Waals surface area contributed by atoms with Gasteiger partial charge in [0.2, 0.25) is 0 Å². The molecule has 1 rings (SSSR count). The molecule has 1 amide bonds. The Hall–Kier alpha value is -1.91. The van der Waals surface area contributed by atoms with Gasteiger partial charge in [0.25, 0.3) is 5.91 Å². The summed E-state index contributed by atoms with van der Waals surface area (Å²) in [6.45, 7) is 1.55. The van der Waals surface area contributed by atoms with Crippen LogP contribution in [0.1, 0.15) is 29.4 Å². The zero-order chi connectivity index (χ0) is 15.7. The van der Waals surface area contributed by atoms with Crippen molar-refractivity contribution < 1.29 is 18.3 Å². The summed E-state index contributed by atoms with van der Waals surface area (Å²) in [6, 6.07) is 3.30. The Morgan fingerprint density at radius 2 is 2.24 bits per heavy atom. The molecule has 7 heteroatoms. The Morgan fingerprint density at radius 1 is 1.48 bits per heavy atom. The molecule has 0 saturated carbocycles. The average molecular weight is 310 g/mol. The standard InChI is InChI=1S/C14H18N2O4S/c1-2-21(19,20)11-9-16-14(18)13-12(6-3-4-10-17)7-5-8-15-13/h5,7-8,17H,2,4,9-11H2,1H3,(H,16,18). The highest BCUT2D eigenvalue weighted by molar-refractivity contribution is 7.91. The van der Waals surface area contributed by atoms with Crippen LogP contribution in [0.3, 0.4) is 0 Å². The van der Waals surface area contributed by atoms with Crippen molar-refractivity contribution in [2.45, 2.75) is 13.3 Å². The largest absolute Gasteiger partial charge is 0.395 e. The number of aliphatic hydroxyl groups excluding tert-OH is 1. The molecule has 0 spiro atoms. The molecule has 0 unspecified atom stereocenters. The Kier molecular flexibility index (Phi) is 6.85. The second-order valence-electron chi connectivity index (χ2n) is 4.17. The summed E-state index contributed by atoms with van der Waals surface area (Å²) in [6.07, 6.45) is 1.78. The fourth-order valence-electron chi connectivity index (χ4n) is 1.45. The van der Waals surface area contributed by atoms with E-state index in [9.17, 15) is 13.2 Å². The van der Waals surface area contributed by atoms with Gasteiger partial charge in [0.05, 0.1) is 17.9 Å². The quantitative estimate of drug-likeness (QED) is 0.720. The Balaban J connectivity index is 2.73. The van der Waals surface area contributed by atoms with Crippen molar-refractivity contribution in [1.82, 2.24) is 10.3 Å². The lowest BCUT2D eigenvalue weighted by molar-refractivity contribution is 0.0951. The summed E-state index contributed by atoms with van der Waals surface area (Å²) >= 11 is 0. The highest BCUT2D eigenvalue weighted by Crippen LogP contribution is 2.03. The molecule has 114 valence electrons. The molecule has 0 aliphatic rings. The topological polar surface area (TPSA) is 96.4 Å². The van der Waals surface area contributed by atoms with Crippen LogP contribution in [0.2, 0.25) is 0 Å². The van der Waals surface area contributed by atoms with Crippen LogP contribution in [0.25, 0.3) is 0 Å². The number of nitrogens with zero attached hydrogens (tertiary/aromatic N) is 1. The number of carbonyl (C=O) groups excluding carboxylic acids is 1. The van der Waals surface area contributed by atoms with Gasteiger partial charge in [-0.05, 0) is 12.1 Å². The van der Waals surface area contributed by atoms with Crippen LogP contribution in [-0.4, -0.2) is 49.1 Å². The third kappa shape index (κ3) is 5.94. The zero-order valence-electron chi connectivity index (χ0n) is 11.8. The van der Waals surface area contributed by atoms with Crippen LogP contribution >= 0.6 is 0 Å². The first kappa shape index (κ1) is 17.1. The molecule has 0 bridgehead atoms. The predicted octanol–water partition coefficient (Wildman–Crippen LogP) is -0.0200. The van der Waals surface area contributed by atoms with Crippen LogP contribution in [0.5, 0.6) is 0 Å². The summed E-state index contributed by atoms with van der Waals surface area (Å²) in [5.41, 5.74) is 0.596. The minimum Gasteiger partial charge on any atom is -0.395 e. The summed E-state index contributed by atoms with van der Waals surface area (Å²) < 4.78 is 22.7. The first-order valence-electron chi connectivity index (χ1n) is 6.53. The van der Waals surface area contributed by atoms with Crippen molar-refractivity contribution in [3.63, 3.8) is 0 Å². The fraction of sp³-hybridized carbons (Fsp3) is 0.429. The smallest absolute Gasteiger partial charge is 0.271 e. The molecule has 1 aromatic heterocycles. The zero-order valence-corrected chi connectivity index (χ0v) is 12.6. The van der Waals surface area contributed by atoms with Gasteiger partial charge in [0, 0.05) is 24.9 Å². The van der Waals surface area contributed by atoms with Crippen molar-refractivity contribution >= 4 is 15.7 Å². The Labute approximate surface area is 124 Å². The maximum Gasteiger partial charge on any atom is 0.271 e. The molecule has 1 heterocycles. The van der Waals surface area contributed by atoms with Crippen molar-refractivity contribution in [1.29, 1.82) is 0 Å². The normalized spacial score (nSPS) is 10.6. The number of pyridine rings is 1. The Morgan fingerprint density at radius 3 is 2.90 bits per heavy atom. The van der Waals surface area contributed by atoms with Gasteiger partial charge in [-0.2, -0.15) is 0 Å². The van der Waals surface area contributed by atoms with Crippen molar-refractivity contribution in [2.75, 3.05) is 24.7 Å². The van der Waals surface area contributed by atoms with E-state index in [0.29, 0.717) is 12.0 Å². The van der Waals surface area contributed by atoms with Gasteiger partial charge >= 0.3 is 0 Å². The van der Waals surface area contributed by atoms with Gasteiger partial charge in [-0.25, -0.2) is 13.4 Å². The third-order valence-corrected chi connectivity index (χ3v) is 4.33. The summed E-state index contributed by atoms with van der Waals surface area (Å²) in [4.78, 5) is 16.0. The maximum atomic E-state index is 12.0. The molecule has 1 aromatic rings. The average Bonchev–Trinajstić information content (AvgIpc) is 2.48. The second-order valence-corrected chi connectivity index (χ2v) is 6.64. The van der Waals surface area contributed by atoms with Gasteiger partial charge in [0.1, 0.15) is 5.69 Å². The van der Waals surface area contributed by atoms with E-state index in [4.69, 9.17) is 5.11 Å². The van der Waals surface area contributed by atoms with Crippen LogP contribution in [0, 0.1) is 11.8 Å². The minimum absolute atomic E-state index is 0.0368. The molecule has 0 fully saturated rings. The van der Waals surface area contributed by atoms with E-state index in [2.05, 4.69) is 22.1 Å². The first-order chi connectivity index (χ1) is 10.00. The molecule has 6 nitrogen and oxygen atoms in total. The van der Waals surface area contributed by atoms with Crippen LogP contribution < -0.4 is 5.32 Å². The number of sulfone groups is 1. The molecule has 0 atom stereocenters. The van der Waals surface area contributed by atoms with E-state index in [0.717, 1.165) is 0 Å². The number of aliphatic hydroxyl groups is 1. The van der Waals surface area contributed by atoms with Crippen LogP contribution in [0.4, 0.5) is 0 Å². The summed E-state index contributed by atoms with van der Waals surface area (Å²) in [5.74, 6) is 4.96. The number of aromatic nitrogens is 1. The number of rotatable bonds is 6. The second kappa shape index (κ2) is 8.39. The highest BCUT2D eigenvalue weighted by Gasteiger charge is 2.13. The molecular formula is C14H18N2O4S. The van der Waals surface area contributed by atoms with Gasteiger partial charge in [-0.1, -0.05) is 18.8 Å². The third-order valence-electron chi connectivity index (χ3n) is 2.62. The molecule has 0 saturated heterocycles. The summed E-state index contributed by atoms with van der Waals surface area (Å²) in [7, 11) is -3.12. The number of hydrogen-bond donors (Lipinski definition) is 2. The van der Waals surface area contributed by atoms with Crippen molar-refractivity contribution in [2.24, 2.45) is 0 Å². The fourth-order valence-corrected chi connectivity index (χ4v) is 2.15. The highest BCUT2D eigenvalue weighted by atomic mass is 32.2. The van der Waals surface area contributed by atoms with E-state index < -0.39 is 15.7 Å². The molecule has 0 aromatic carbocycles. The van der Waals surface area contributed by atoms with Crippen LogP contribution in [-0.2, 0) is 9.84 Å². The lowest BCUT2D eigenvalue weighted by atomic mass is 10.2. The SMILES string of the molecule is CCS(=O)(=O)CCNC(=O)c1ncccc1C#CCCO. The lowest BCUT2D eigenvalue weighted by Crippen LogP contribution is -2.30. The predicted molar refractivity (Wildman–Crippen MR) is 79.5 cm³/mol. The molecule has 0 aliphatic heterocycles. The van der Waals surface area contributed by atoms with E-state index in [1.54, 1.807) is 19.1 Å². The number of amides is 1. The van der Waals surface area contributed by atoms with Gasteiger partial charge in [0.15, 0.2) is 9.84 Å². The Bertz CT molecular complexity index is 644. The van der Waals surface area contributed by atoms with E-state index >= 15 is 0 Å². The monoisotopic (exact) mass is 310 g/mol. The molecule has 21 heavy (non-hydrogen) atoms. The number of hydrogen-bond acceptors (Lipinski definition) is 5. The first-order valence-corrected chi connectivity index (χ1v) is 8.35. The molecule has 0 aliphatic carbocycles. The summed E-state index contributed by atoms with van der Waals surface area (Å²) in [5, 5.41) is 11.2.